The molecule has 0 aliphatic rings. The van der Waals surface area contributed by atoms with Gasteiger partial charge in [0.15, 0.2) is 5.92 Å². The predicted molar refractivity (Wildman–Crippen MR) is 51.4 cm³/mol. The van der Waals surface area contributed by atoms with Crippen LogP contribution in [0.2, 0.25) is 0 Å². The molecule has 0 saturated heterocycles. The smallest absolute Gasteiger partial charge is 0.324 e. The van der Waals surface area contributed by atoms with Crippen molar-refractivity contribution in [2.45, 2.75) is 20.8 Å². The van der Waals surface area contributed by atoms with Gasteiger partial charge in [-0.15, -0.1) is 0 Å². The SMILES string of the molecule is CCOC(=O)[C@@H](C#N)C(C)(C)C[N+](=O)[O-]. The Morgan fingerprint density at radius 1 is 1.67 bits per heavy atom. The van der Waals surface area contributed by atoms with Crippen LogP contribution >= 0.6 is 0 Å². The van der Waals surface area contributed by atoms with Gasteiger partial charge in [-0.2, -0.15) is 5.26 Å². The maximum atomic E-state index is 11.3. The van der Waals surface area contributed by atoms with Crippen LogP contribution in [0.4, 0.5) is 0 Å². The summed E-state index contributed by atoms with van der Waals surface area (Å²) in [6.07, 6.45) is 0. The zero-order valence-corrected chi connectivity index (χ0v) is 9.02. The van der Waals surface area contributed by atoms with E-state index in [2.05, 4.69) is 4.74 Å². The van der Waals surface area contributed by atoms with Crippen LogP contribution in [0.5, 0.6) is 0 Å². The highest BCUT2D eigenvalue weighted by Gasteiger charge is 2.40. The van der Waals surface area contributed by atoms with Gasteiger partial charge in [0.05, 0.1) is 18.1 Å². The lowest BCUT2D eigenvalue weighted by molar-refractivity contribution is -0.496. The molecule has 0 radical (unpaired) electrons. The third kappa shape index (κ3) is 3.94. The Morgan fingerprint density at radius 3 is 2.53 bits per heavy atom. The van der Waals surface area contributed by atoms with Crippen molar-refractivity contribution in [3.63, 3.8) is 0 Å². The molecule has 0 aliphatic heterocycles. The van der Waals surface area contributed by atoms with Crippen molar-refractivity contribution in [2.24, 2.45) is 11.3 Å². The second-order valence-electron chi connectivity index (χ2n) is 3.79. The van der Waals surface area contributed by atoms with Crippen molar-refractivity contribution < 1.29 is 14.5 Å². The Morgan fingerprint density at radius 2 is 2.20 bits per heavy atom. The Hall–Kier alpha value is -1.64. The van der Waals surface area contributed by atoms with Crippen molar-refractivity contribution >= 4 is 5.97 Å². The van der Waals surface area contributed by atoms with Crippen molar-refractivity contribution in [1.82, 2.24) is 0 Å². The summed E-state index contributed by atoms with van der Waals surface area (Å²) in [4.78, 5) is 21.2. The van der Waals surface area contributed by atoms with Gasteiger partial charge in [-0.25, -0.2) is 0 Å². The fraction of sp³-hybridized carbons (Fsp3) is 0.778. The maximum absolute atomic E-state index is 11.3. The summed E-state index contributed by atoms with van der Waals surface area (Å²) in [6, 6.07) is 1.75. The average Bonchev–Trinajstić information content (AvgIpc) is 2.01. The number of nitro groups is 1. The number of nitrogens with zero attached hydrogens (tertiary/aromatic N) is 2. The highest BCUT2D eigenvalue weighted by atomic mass is 16.6. The number of carbonyl (C=O) groups is 1. The van der Waals surface area contributed by atoms with Gasteiger partial charge in [0, 0.05) is 4.92 Å². The number of hydrogen-bond acceptors (Lipinski definition) is 5. The minimum absolute atomic E-state index is 0.158. The molecular formula is C9H14N2O4. The van der Waals surface area contributed by atoms with Crippen molar-refractivity contribution in [2.75, 3.05) is 13.2 Å². The van der Waals surface area contributed by atoms with E-state index in [0.29, 0.717) is 0 Å². The molecule has 6 heteroatoms. The number of carbonyl (C=O) groups excluding carboxylic acids is 1. The fourth-order valence-corrected chi connectivity index (χ4v) is 1.20. The molecule has 0 aliphatic carbocycles. The average molecular weight is 214 g/mol. The number of nitriles is 1. The quantitative estimate of drug-likeness (QED) is 0.386. The molecule has 0 heterocycles. The van der Waals surface area contributed by atoms with Crippen molar-refractivity contribution in [3.8, 4) is 6.07 Å². The van der Waals surface area contributed by atoms with E-state index >= 15 is 0 Å². The summed E-state index contributed by atoms with van der Waals surface area (Å²) < 4.78 is 4.68. The summed E-state index contributed by atoms with van der Waals surface area (Å²) in [5.74, 6) is -1.81. The molecule has 0 unspecified atom stereocenters. The van der Waals surface area contributed by atoms with Crippen LogP contribution in [0.25, 0.3) is 0 Å². The predicted octanol–water partition coefficient (Wildman–Crippen LogP) is 0.992. The Labute approximate surface area is 88.0 Å². The second kappa shape index (κ2) is 5.29. The first kappa shape index (κ1) is 13.4. The fourth-order valence-electron chi connectivity index (χ4n) is 1.20. The monoisotopic (exact) mass is 214 g/mol. The number of rotatable bonds is 5. The molecule has 0 aromatic carbocycles. The molecule has 0 aromatic rings. The summed E-state index contributed by atoms with van der Waals surface area (Å²) in [5.41, 5.74) is -1.02. The molecule has 0 fully saturated rings. The zero-order chi connectivity index (χ0) is 12.1. The third-order valence-electron chi connectivity index (χ3n) is 1.97. The third-order valence-corrected chi connectivity index (χ3v) is 1.97. The Balaban J connectivity index is 4.73. The molecule has 0 aromatic heterocycles. The molecule has 0 spiro atoms. The molecule has 0 amide bonds. The van der Waals surface area contributed by atoms with Crippen LogP contribution in [0.1, 0.15) is 20.8 Å². The lowest BCUT2D eigenvalue weighted by Crippen LogP contribution is -2.36. The molecule has 0 saturated carbocycles. The summed E-state index contributed by atoms with van der Waals surface area (Å²) in [6.45, 7) is 4.34. The van der Waals surface area contributed by atoms with Gasteiger partial charge < -0.3 is 4.74 Å². The van der Waals surface area contributed by atoms with E-state index in [1.54, 1.807) is 13.0 Å². The first-order valence-corrected chi connectivity index (χ1v) is 4.53. The molecule has 84 valence electrons. The molecule has 15 heavy (non-hydrogen) atoms. The minimum Gasteiger partial charge on any atom is -0.465 e. The van der Waals surface area contributed by atoms with Gasteiger partial charge in [0.1, 0.15) is 0 Å². The highest BCUT2D eigenvalue weighted by molar-refractivity contribution is 5.76. The van der Waals surface area contributed by atoms with Crippen LogP contribution in [0.3, 0.4) is 0 Å². The van der Waals surface area contributed by atoms with E-state index in [1.165, 1.54) is 13.8 Å². The van der Waals surface area contributed by atoms with E-state index < -0.39 is 28.8 Å². The van der Waals surface area contributed by atoms with E-state index in [1.807, 2.05) is 0 Å². The number of esters is 1. The van der Waals surface area contributed by atoms with E-state index in [-0.39, 0.29) is 6.61 Å². The summed E-state index contributed by atoms with van der Waals surface area (Å²) in [5, 5.41) is 19.2. The zero-order valence-electron chi connectivity index (χ0n) is 9.02. The topological polar surface area (TPSA) is 93.2 Å². The van der Waals surface area contributed by atoms with E-state index in [9.17, 15) is 14.9 Å². The van der Waals surface area contributed by atoms with Gasteiger partial charge in [0.25, 0.3) is 0 Å². The summed E-state index contributed by atoms with van der Waals surface area (Å²) >= 11 is 0. The van der Waals surface area contributed by atoms with Crippen LogP contribution < -0.4 is 0 Å². The van der Waals surface area contributed by atoms with E-state index in [0.717, 1.165) is 0 Å². The Kier molecular flexibility index (Phi) is 4.71. The maximum Gasteiger partial charge on any atom is 0.324 e. The van der Waals surface area contributed by atoms with Crippen LogP contribution in [-0.4, -0.2) is 24.0 Å². The van der Waals surface area contributed by atoms with Gasteiger partial charge >= 0.3 is 5.97 Å². The molecule has 1 atom stereocenters. The first-order chi connectivity index (χ1) is 6.85. The summed E-state index contributed by atoms with van der Waals surface area (Å²) in [7, 11) is 0. The minimum atomic E-state index is -1.11. The van der Waals surface area contributed by atoms with Crippen molar-refractivity contribution in [3.05, 3.63) is 10.1 Å². The first-order valence-electron chi connectivity index (χ1n) is 4.53. The molecule has 6 nitrogen and oxygen atoms in total. The van der Waals surface area contributed by atoms with Gasteiger partial charge in [-0.05, 0) is 6.92 Å². The van der Waals surface area contributed by atoms with E-state index in [4.69, 9.17) is 5.26 Å². The molecule has 0 N–H and O–H groups in total. The molecule has 0 bridgehead atoms. The number of ether oxygens (including phenoxy) is 1. The number of hydrogen-bond donors (Lipinski definition) is 0. The Bertz CT molecular complexity index is 293. The normalized spacial score (nSPS) is 12.7. The lowest BCUT2D eigenvalue weighted by atomic mass is 9.79. The van der Waals surface area contributed by atoms with Crippen LogP contribution in [-0.2, 0) is 9.53 Å². The van der Waals surface area contributed by atoms with Gasteiger partial charge in [-0.1, -0.05) is 13.8 Å². The van der Waals surface area contributed by atoms with Crippen LogP contribution in [0, 0.1) is 32.8 Å². The highest BCUT2D eigenvalue weighted by Crippen LogP contribution is 2.27. The lowest BCUT2D eigenvalue weighted by Gasteiger charge is -2.23. The second-order valence-corrected chi connectivity index (χ2v) is 3.79. The standard InChI is InChI=1S/C9H14N2O4/c1-4-15-8(12)7(5-10)9(2,3)6-11(13)14/h7H,4,6H2,1-3H3/t7-/m1/s1. The largest absolute Gasteiger partial charge is 0.465 e. The molecule has 0 rings (SSSR count). The van der Waals surface area contributed by atoms with Crippen LogP contribution in [0.15, 0.2) is 0 Å². The molecular weight excluding hydrogens is 200 g/mol. The van der Waals surface area contributed by atoms with Crippen molar-refractivity contribution in [1.29, 1.82) is 5.26 Å². The van der Waals surface area contributed by atoms with Gasteiger partial charge in [0.2, 0.25) is 6.54 Å². The van der Waals surface area contributed by atoms with Gasteiger partial charge in [-0.3, -0.25) is 14.9 Å².